The zero-order valence-electron chi connectivity index (χ0n) is 11.7. The Morgan fingerprint density at radius 2 is 2.00 bits per heavy atom. The van der Waals surface area contributed by atoms with Gasteiger partial charge in [-0.25, -0.2) is 13.4 Å². The summed E-state index contributed by atoms with van der Waals surface area (Å²) >= 11 is 0. The van der Waals surface area contributed by atoms with Gasteiger partial charge in [0.2, 0.25) is 0 Å². The summed E-state index contributed by atoms with van der Waals surface area (Å²) in [5.41, 5.74) is 2.11. The number of fused-ring (bicyclic) bond motifs is 1. The number of aromatic amines is 1. The van der Waals surface area contributed by atoms with Crippen molar-refractivity contribution in [3.63, 3.8) is 0 Å². The lowest BCUT2D eigenvalue weighted by Crippen LogP contribution is -2.27. The molecule has 0 fully saturated rings. The maximum absolute atomic E-state index is 12.7. The first-order valence-electron chi connectivity index (χ1n) is 6.45. The summed E-state index contributed by atoms with van der Waals surface area (Å²) < 4.78 is 26.6. The van der Waals surface area contributed by atoms with Gasteiger partial charge in [-0.2, -0.15) is 5.26 Å². The molecule has 7 heteroatoms. The minimum atomic E-state index is -3.81. The van der Waals surface area contributed by atoms with Gasteiger partial charge in [-0.15, -0.1) is 0 Å². The fraction of sp³-hybridized carbons (Fsp3) is 0.0667. The van der Waals surface area contributed by atoms with Crippen LogP contribution in [0.25, 0.3) is 11.0 Å². The number of imidazole rings is 1. The standard InChI is InChI=1S/C15H12N4O2S/c1-19(12-6-7-13-14(8-12)18-10-17-13)22(20,21)15-5-3-2-4-11(15)9-16/h2-8,10H,1H3,(H,17,18). The van der Waals surface area contributed by atoms with Crippen LogP contribution in [0.2, 0.25) is 0 Å². The Bertz CT molecular complexity index is 986. The fourth-order valence-electron chi connectivity index (χ4n) is 2.19. The van der Waals surface area contributed by atoms with Crippen molar-refractivity contribution >= 4 is 26.7 Å². The van der Waals surface area contributed by atoms with Crippen molar-refractivity contribution in [3.8, 4) is 6.07 Å². The van der Waals surface area contributed by atoms with E-state index in [1.807, 2.05) is 6.07 Å². The van der Waals surface area contributed by atoms with Crippen molar-refractivity contribution in [1.29, 1.82) is 5.26 Å². The number of aromatic nitrogens is 2. The molecule has 110 valence electrons. The third kappa shape index (κ3) is 2.19. The number of anilines is 1. The van der Waals surface area contributed by atoms with Gasteiger partial charge in [0.1, 0.15) is 11.0 Å². The lowest BCUT2D eigenvalue weighted by atomic mass is 10.2. The topological polar surface area (TPSA) is 89.8 Å². The molecule has 0 aliphatic rings. The lowest BCUT2D eigenvalue weighted by molar-refractivity contribution is 0.594. The maximum atomic E-state index is 12.7. The van der Waals surface area contributed by atoms with Gasteiger partial charge in [0.25, 0.3) is 10.0 Å². The SMILES string of the molecule is CN(c1ccc2nc[nH]c2c1)S(=O)(=O)c1ccccc1C#N. The molecule has 3 aromatic rings. The van der Waals surface area contributed by atoms with Crippen LogP contribution >= 0.6 is 0 Å². The van der Waals surface area contributed by atoms with E-state index < -0.39 is 10.0 Å². The van der Waals surface area contributed by atoms with E-state index in [0.717, 1.165) is 15.3 Å². The maximum Gasteiger partial charge on any atom is 0.265 e. The molecule has 0 spiro atoms. The predicted octanol–water partition coefficient (Wildman–Crippen LogP) is 2.26. The molecule has 3 rings (SSSR count). The fourth-order valence-corrected chi connectivity index (χ4v) is 3.52. The van der Waals surface area contributed by atoms with Crippen molar-refractivity contribution < 1.29 is 8.42 Å². The number of rotatable bonds is 3. The Kier molecular flexibility index (Phi) is 3.31. The number of nitrogens with zero attached hydrogens (tertiary/aromatic N) is 3. The molecule has 0 atom stereocenters. The molecule has 0 unspecified atom stereocenters. The molecule has 1 heterocycles. The van der Waals surface area contributed by atoms with E-state index >= 15 is 0 Å². The molecule has 6 nitrogen and oxygen atoms in total. The number of hydrogen-bond donors (Lipinski definition) is 1. The number of hydrogen-bond acceptors (Lipinski definition) is 4. The third-order valence-corrected chi connectivity index (χ3v) is 5.26. The van der Waals surface area contributed by atoms with Gasteiger partial charge in [0.05, 0.1) is 28.6 Å². The van der Waals surface area contributed by atoms with Crippen LogP contribution in [0, 0.1) is 11.3 Å². The Morgan fingerprint density at radius 1 is 1.23 bits per heavy atom. The van der Waals surface area contributed by atoms with Crippen LogP contribution in [0.4, 0.5) is 5.69 Å². The number of benzene rings is 2. The number of H-pyrrole nitrogens is 1. The van der Waals surface area contributed by atoms with E-state index in [9.17, 15) is 8.42 Å². The lowest BCUT2D eigenvalue weighted by Gasteiger charge is -2.20. The Balaban J connectivity index is 2.10. The van der Waals surface area contributed by atoms with E-state index in [4.69, 9.17) is 5.26 Å². The van der Waals surface area contributed by atoms with Crippen LogP contribution in [0.5, 0.6) is 0 Å². The monoisotopic (exact) mass is 312 g/mol. The second-order valence-corrected chi connectivity index (χ2v) is 6.62. The molecule has 1 aromatic heterocycles. The largest absolute Gasteiger partial charge is 0.345 e. The summed E-state index contributed by atoms with van der Waals surface area (Å²) in [6.45, 7) is 0. The van der Waals surface area contributed by atoms with E-state index in [1.165, 1.54) is 19.2 Å². The van der Waals surface area contributed by atoms with Gasteiger partial charge in [0, 0.05) is 7.05 Å². The van der Waals surface area contributed by atoms with Gasteiger partial charge in [0.15, 0.2) is 0 Å². The van der Waals surface area contributed by atoms with Crippen LogP contribution in [0.1, 0.15) is 5.56 Å². The van der Waals surface area contributed by atoms with E-state index in [1.54, 1.807) is 36.7 Å². The molecule has 0 aliphatic heterocycles. The average molecular weight is 312 g/mol. The highest BCUT2D eigenvalue weighted by atomic mass is 32.2. The highest BCUT2D eigenvalue weighted by Crippen LogP contribution is 2.26. The minimum Gasteiger partial charge on any atom is -0.345 e. The first-order valence-corrected chi connectivity index (χ1v) is 7.89. The van der Waals surface area contributed by atoms with E-state index in [2.05, 4.69) is 9.97 Å². The highest BCUT2D eigenvalue weighted by Gasteiger charge is 2.24. The minimum absolute atomic E-state index is 0.00953. The summed E-state index contributed by atoms with van der Waals surface area (Å²) in [7, 11) is -2.35. The van der Waals surface area contributed by atoms with Crippen LogP contribution in [0.3, 0.4) is 0 Å². The molecule has 0 saturated carbocycles. The highest BCUT2D eigenvalue weighted by molar-refractivity contribution is 7.92. The summed E-state index contributed by atoms with van der Waals surface area (Å²) in [6.07, 6.45) is 1.55. The first-order chi connectivity index (χ1) is 10.5. The first kappa shape index (κ1) is 14.1. The van der Waals surface area contributed by atoms with Crippen LogP contribution in [-0.2, 0) is 10.0 Å². The molecule has 0 saturated heterocycles. The summed E-state index contributed by atoms with van der Waals surface area (Å²) in [5, 5.41) is 9.10. The second-order valence-electron chi connectivity index (χ2n) is 4.68. The smallest absolute Gasteiger partial charge is 0.265 e. The molecule has 22 heavy (non-hydrogen) atoms. The van der Waals surface area contributed by atoms with Crippen LogP contribution in [-0.4, -0.2) is 25.4 Å². The zero-order valence-corrected chi connectivity index (χ0v) is 12.5. The van der Waals surface area contributed by atoms with E-state index in [0.29, 0.717) is 5.69 Å². The Hall–Kier alpha value is -2.85. The Morgan fingerprint density at radius 3 is 2.77 bits per heavy atom. The molecule has 0 amide bonds. The predicted molar refractivity (Wildman–Crippen MR) is 82.8 cm³/mol. The molecular formula is C15H12N4O2S. The third-order valence-electron chi connectivity index (χ3n) is 3.41. The van der Waals surface area contributed by atoms with Crippen molar-refractivity contribution in [3.05, 3.63) is 54.4 Å². The molecular weight excluding hydrogens is 300 g/mol. The number of nitrogens with one attached hydrogen (secondary N) is 1. The summed E-state index contributed by atoms with van der Waals surface area (Å²) in [6, 6.07) is 13.2. The summed E-state index contributed by atoms with van der Waals surface area (Å²) in [4.78, 5) is 7.03. The number of nitriles is 1. The average Bonchev–Trinajstić information content (AvgIpc) is 3.01. The molecule has 1 N–H and O–H groups in total. The van der Waals surface area contributed by atoms with Gasteiger partial charge in [-0.1, -0.05) is 12.1 Å². The van der Waals surface area contributed by atoms with Crippen molar-refractivity contribution in [2.75, 3.05) is 11.4 Å². The van der Waals surface area contributed by atoms with Crippen molar-refractivity contribution in [2.45, 2.75) is 4.90 Å². The van der Waals surface area contributed by atoms with Crippen molar-refractivity contribution in [1.82, 2.24) is 9.97 Å². The van der Waals surface area contributed by atoms with Gasteiger partial charge in [-0.05, 0) is 30.3 Å². The van der Waals surface area contributed by atoms with Crippen molar-refractivity contribution in [2.24, 2.45) is 0 Å². The second kappa shape index (κ2) is 5.16. The summed E-state index contributed by atoms with van der Waals surface area (Å²) in [5.74, 6) is 0. The van der Waals surface area contributed by atoms with Gasteiger partial charge >= 0.3 is 0 Å². The van der Waals surface area contributed by atoms with E-state index in [-0.39, 0.29) is 10.5 Å². The normalized spacial score (nSPS) is 11.3. The van der Waals surface area contributed by atoms with Gasteiger partial charge < -0.3 is 4.98 Å². The van der Waals surface area contributed by atoms with Crippen LogP contribution in [0.15, 0.2) is 53.7 Å². The molecule has 0 bridgehead atoms. The number of sulfonamides is 1. The Labute approximate surface area is 127 Å². The van der Waals surface area contributed by atoms with Gasteiger partial charge in [-0.3, -0.25) is 4.31 Å². The van der Waals surface area contributed by atoms with Crippen LogP contribution < -0.4 is 4.31 Å². The zero-order chi connectivity index (χ0) is 15.7. The molecule has 2 aromatic carbocycles. The molecule has 0 aliphatic carbocycles. The molecule has 0 radical (unpaired) electrons. The quantitative estimate of drug-likeness (QED) is 0.803.